The minimum absolute atomic E-state index is 0.260. The number of carbonyl (C=O) groups is 2. The summed E-state index contributed by atoms with van der Waals surface area (Å²) in [6.07, 6.45) is 2.97. The maximum Gasteiger partial charge on any atom is 0.335 e. The van der Waals surface area contributed by atoms with Crippen molar-refractivity contribution in [2.75, 3.05) is 26.0 Å². The summed E-state index contributed by atoms with van der Waals surface area (Å²) in [5, 5.41) is 0. The number of carbonyl (C=O) groups excluding carboxylic acids is 2. The Morgan fingerprint density at radius 2 is 2.11 bits per heavy atom. The second-order valence-corrected chi connectivity index (χ2v) is 5.19. The van der Waals surface area contributed by atoms with Gasteiger partial charge in [-0.1, -0.05) is 0 Å². The van der Waals surface area contributed by atoms with Gasteiger partial charge in [-0.25, -0.2) is 4.79 Å². The van der Waals surface area contributed by atoms with Gasteiger partial charge < -0.3 is 13.8 Å². The van der Waals surface area contributed by atoms with Crippen molar-refractivity contribution in [1.29, 1.82) is 0 Å². The molecule has 1 fully saturated rings. The Morgan fingerprint density at radius 3 is 2.74 bits per heavy atom. The smallest absolute Gasteiger partial charge is 0.335 e. The van der Waals surface area contributed by atoms with E-state index >= 15 is 0 Å². The van der Waals surface area contributed by atoms with Gasteiger partial charge in [0, 0.05) is 12.2 Å². The lowest BCUT2D eigenvalue weighted by Crippen LogP contribution is -2.26. The lowest BCUT2D eigenvalue weighted by Gasteiger charge is -2.31. The highest BCUT2D eigenvalue weighted by atomic mass is 32.2. The number of methoxy groups -OCH3 is 1. The molecule has 0 aromatic rings. The van der Waals surface area contributed by atoms with Gasteiger partial charge in [0.25, 0.3) is 0 Å². The molecule has 0 unspecified atom stereocenters. The standard InChI is InChI=1S/C13H21NO4S/c1-4-18-13(16)10(2)11-7-5-6-8-14(11)19-9-12(15)17-3/h4-9H2,1-3H3. The van der Waals surface area contributed by atoms with Gasteiger partial charge in [-0.2, -0.15) is 0 Å². The number of piperidine rings is 1. The summed E-state index contributed by atoms with van der Waals surface area (Å²) in [7, 11) is 1.37. The Labute approximate surface area is 118 Å². The first-order chi connectivity index (χ1) is 9.10. The summed E-state index contributed by atoms with van der Waals surface area (Å²) < 4.78 is 11.7. The summed E-state index contributed by atoms with van der Waals surface area (Å²) in [6.45, 7) is 4.79. The first-order valence-corrected chi connectivity index (χ1v) is 7.38. The van der Waals surface area contributed by atoms with Gasteiger partial charge in [0.2, 0.25) is 0 Å². The zero-order chi connectivity index (χ0) is 14.3. The monoisotopic (exact) mass is 287 g/mol. The van der Waals surface area contributed by atoms with Crippen molar-refractivity contribution in [3.05, 3.63) is 11.3 Å². The molecule has 0 spiro atoms. The van der Waals surface area contributed by atoms with Crippen molar-refractivity contribution in [1.82, 2.24) is 4.31 Å². The SMILES string of the molecule is CCOC(=O)C(C)=C1CCCCN1SCC(=O)OC. The number of hydrogen-bond acceptors (Lipinski definition) is 6. The van der Waals surface area contributed by atoms with Gasteiger partial charge in [-0.15, -0.1) is 0 Å². The van der Waals surface area contributed by atoms with Crippen molar-refractivity contribution in [3.63, 3.8) is 0 Å². The number of hydrogen-bond donors (Lipinski definition) is 0. The van der Waals surface area contributed by atoms with E-state index in [1.807, 2.05) is 4.31 Å². The van der Waals surface area contributed by atoms with Crippen molar-refractivity contribution >= 4 is 23.9 Å². The fourth-order valence-electron chi connectivity index (χ4n) is 1.87. The Bertz CT molecular complexity index is 368. The first-order valence-electron chi connectivity index (χ1n) is 6.44. The van der Waals surface area contributed by atoms with Crippen LogP contribution < -0.4 is 0 Å². The van der Waals surface area contributed by atoms with Gasteiger partial charge >= 0.3 is 11.9 Å². The molecule has 0 radical (unpaired) electrons. The molecule has 1 rings (SSSR count). The van der Waals surface area contributed by atoms with E-state index in [9.17, 15) is 9.59 Å². The van der Waals surface area contributed by atoms with Crippen molar-refractivity contribution < 1.29 is 19.1 Å². The van der Waals surface area contributed by atoms with Crippen molar-refractivity contribution in [3.8, 4) is 0 Å². The molecule has 19 heavy (non-hydrogen) atoms. The summed E-state index contributed by atoms with van der Waals surface area (Å²) in [4.78, 5) is 23.0. The molecule has 0 aliphatic carbocycles. The van der Waals surface area contributed by atoms with Gasteiger partial charge in [-0.3, -0.25) is 4.79 Å². The van der Waals surface area contributed by atoms with Crippen LogP contribution in [0.25, 0.3) is 0 Å². The van der Waals surface area contributed by atoms with E-state index in [0.717, 1.165) is 31.5 Å². The summed E-state index contributed by atoms with van der Waals surface area (Å²) in [5.41, 5.74) is 1.61. The van der Waals surface area contributed by atoms with Gasteiger partial charge in [-0.05, 0) is 45.1 Å². The highest BCUT2D eigenvalue weighted by molar-refractivity contribution is 7.97. The topological polar surface area (TPSA) is 55.8 Å². The van der Waals surface area contributed by atoms with Crippen LogP contribution in [-0.4, -0.2) is 42.3 Å². The zero-order valence-electron chi connectivity index (χ0n) is 11.7. The number of allylic oxidation sites excluding steroid dienone is 1. The number of esters is 2. The molecule has 0 saturated carbocycles. The van der Waals surface area contributed by atoms with Crippen LogP contribution in [0.5, 0.6) is 0 Å². The number of rotatable bonds is 5. The molecule has 1 heterocycles. The minimum atomic E-state index is -0.275. The maximum atomic E-state index is 11.8. The summed E-state index contributed by atoms with van der Waals surface area (Å²) >= 11 is 1.40. The molecule has 0 amide bonds. The molecule has 108 valence electrons. The predicted octanol–water partition coefficient (Wildman–Crippen LogP) is 2.13. The van der Waals surface area contributed by atoms with Gasteiger partial charge in [0.15, 0.2) is 0 Å². The van der Waals surface area contributed by atoms with Crippen LogP contribution in [0.4, 0.5) is 0 Å². The Balaban J connectivity index is 2.73. The van der Waals surface area contributed by atoms with Crippen LogP contribution in [0.1, 0.15) is 33.1 Å². The van der Waals surface area contributed by atoms with Gasteiger partial charge in [0.05, 0.1) is 19.3 Å². The van der Waals surface area contributed by atoms with Crippen LogP contribution in [0.3, 0.4) is 0 Å². The predicted molar refractivity (Wildman–Crippen MR) is 74.4 cm³/mol. The quantitative estimate of drug-likeness (QED) is 0.438. The summed E-state index contributed by atoms with van der Waals surface area (Å²) in [6, 6.07) is 0. The van der Waals surface area contributed by atoms with Crippen LogP contribution in [-0.2, 0) is 19.1 Å². The second kappa shape index (κ2) is 8.09. The van der Waals surface area contributed by atoms with E-state index < -0.39 is 0 Å². The maximum absolute atomic E-state index is 11.8. The molecule has 0 aromatic carbocycles. The average Bonchev–Trinajstić information content (AvgIpc) is 2.44. The Morgan fingerprint density at radius 1 is 1.37 bits per heavy atom. The van der Waals surface area contributed by atoms with E-state index in [0.29, 0.717) is 12.2 Å². The lowest BCUT2D eigenvalue weighted by molar-refractivity contribution is -0.139. The molecule has 0 aromatic heterocycles. The number of nitrogens with zero attached hydrogens (tertiary/aromatic N) is 1. The third-order valence-corrected chi connectivity index (χ3v) is 3.99. The second-order valence-electron chi connectivity index (χ2n) is 4.20. The largest absolute Gasteiger partial charge is 0.468 e. The fraction of sp³-hybridized carbons (Fsp3) is 0.692. The minimum Gasteiger partial charge on any atom is -0.468 e. The lowest BCUT2D eigenvalue weighted by atomic mass is 10.1. The fourth-order valence-corrected chi connectivity index (χ4v) is 2.89. The molecule has 0 atom stereocenters. The first kappa shape index (κ1) is 15.9. The van der Waals surface area contributed by atoms with E-state index in [2.05, 4.69) is 4.74 Å². The summed E-state index contributed by atoms with van der Waals surface area (Å²) in [5.74, 6) is -0.275. The van der Waals surface area contributed by atoms with Crippen LogP contribution in [0, 0.1) is 0 Å². The van der Waals surface area contributed by atoms with Crippen LogP contribution in [0.2, 0.25) is 0 Å². The molecule has 0 bridgehead atoms. The third-order valence-electron chi connectivity index (χ3n) is 2.91. The van der Waals surface area contributed by atoms with Crippen LogP contribution >= 0.6 is 11.9 Å². The van der Waals surface area contributed by atoms with E-state index in [4.69, 9.17) is 4.74 Å². The molecular weight excluding hydrogens is 266 g/mol. The van der Waals surface area contributed by atoms with E-state index in [1.165, 1.54) is 19.1 Å². The van der Waals surface area contributed by atoms with E-state index in [1.54, 1.807) is 13.8 Å². The molecule has 6 heteroatoms. The number of ether oxygens (including phenoxy) is 2. The molecule has 1 aliphatic heterocycles. The molecule has 1 aliphatic rings. The highest BCUT2D eigenvalue weighted by Crippen LogP contribution is 2.30. The molecule has 5 nitrogen and oxygen atoms in total. The van der Waals surface area contributed by atoms with Crippen molar-refractivity contribution in [2.24, 2.45) is 0 Å². The average molecular weight is 287 g/mol. The van der Waals surface area contributed by atoms with Crippen LogP contribution in [0.15, 0.2) is 11.3 Å². The zero-order valence-corrected chi connectivity index (χ0v) is 12.5. The molecular formula is C13H21NO4S. The third kappa shape index (κ3) is 4.78. The van der Waals surface area contributed by atoms with Gasteiger partial charge in [0.1, 0.15) is 5.75 Å². The highest BCUT2D eigenvalue weighted by Gasteiger charge is 2.22. The Hall–Kier alpha value is -1.17. The van der Waals surface area contributed by atoms with E-state index in [-0.39, 0.29) is 17.7 Å². The molecule has 1 saturated heterocycles. The van der Waals surface area contributed by atoms with Crippen molar-refractivity contribution in [2.45, 2.75) is 33.1 Å². The Kier molecular flexibility index (Phi) is 6.77. The molecule has 0 N–H and O–H groups in total. The normalized spacial score (nSPS) is 17.9.